The van der Waals surface area contributed by atoms with Gasteiger partial charge in [0.15, 0.2) is 0 Å². The summed E-state index contributed by atoms with van der Waals surface area (Å²) in [5.41, 5.74) is 0. The minimum Gasteiger partial charge on any atom is -0.465 e. The summed E-state index contributed by atoms with van der Waals surface area (Å²) in [6.07, 6.45) is 3.11. The quantitative estimate of drug-likeness (QED) is 0.570. The number of nitrogens with one attached hydrogen (secondary N) is 1. The second-order valence-corrected chi connectivity index (χ2v) is 4.78. The van der Waals surface area contributed by atoms with Gasteiger partial charge in [-0.3, -0.25) is 9.59 Å². The van der Waals surface area contributed by atoms with Crippen molar-refractivity contribution >= 4 is 11.8 Å². The molecule has 1 saturated carbocycles. The molecule has 2 fully saturated rings. The Kier molecular flexibility index (Phi) is 3.59. The molecule has 4 nitrogen and oxygen atoms in total. The monoisotopic (exact) mass is 225 g/mol. The second kappa shape index (κ2) is 4.95. The van der Waals surface area contributed by atoms with E-state index in [0.29, 0.717) is 31.1 Å². The summed E-state index contributed by atoms with van der Waals surface area (Å²) < 4.78 is 5.20. The lowest BCUT2D eigenvalue weighted by molar-refractivity contribution is -0.147. The van der Waals surface area contributed by atoms with Crippen LogP contribution in [-0.4, -0.2) is 30.9 Å². The molecule has 1 aliphatic carbocycles. The molecule has 0 aromatic carbocycles. The number of carbonyl (C=O) groups is 2. The van der Waals surface area contributed by atoms with Gasteiger partial charge in [-0.1, -0.05) is 13.3 Å². The van der Waals surface area contributed by atoms with Crippen molar-refractivity contribution in [1.82, 2.24) is 5.32 Å². The average Bonchev–Trinajstić information content (AvgIpc) is 2.76. The molecule has 1 aliphatic heterocycles. The third-order valence-corrected chi connectivity index (χ3v) is 3.58. The summed E-state index contributed by atoms with van der Waals surface area (Å²) in [5, 5.41) is 3.18. The zero-order chi connectivity index (χ0) is 11.5. The molecule has 0 spiro atoms. The van der Waals surface area contributed by atoms with Gasteiger partial charge in [0.25, 0.3) is 0 Å². The molecule has 0 aromatic heterocycles. The van der Waals surface area contributed by atoms with E-state index in [9.17, 15) is 9.59 Å². The number of Topliss-reactive ketones (excluding diaryl/α,β-unsaturated/α-hetero) is 1. The standard InChI is InChI=1S/C12H19NO3/c1-2-3-4-16-12(15)11-10-6-9(14)5-8(10)7-13-11/h8,10-11,13H,2-7H2,1H3/t8?,10-,11-/m0/s1. The molecule has 90 valence electrons. The highest BCUT2D eigenvalue weighted by atomic mass is 16.5. The summed E-state index contributed by atoms with van der Waals surface area (Å²) in [6, 6.07) is -0.242. The average molecular weight is 225 g/mol. The van der Waals surface area contributed by atoms with E-state index < -0.39 is 0 Å². The molecule has 1 N–H and O–H groups in total. The Balaban J connectivity index is 1.85. The number of hydrogen-bond acceptors (Lipinski definition) is 4. The van der Waals surface area contributed by atoms with Gasteiger partial charge in [0.05, 0.1) is 6.61 Å². The van der Waals surface area contributed by atoms with Crippen LogP contribution in [-0.2, 0) is 14.3 Å². The highest BCUT2D eigenvalue weighted by Gasteiger charge is 2.46. The molecule has 0 amide bonds. The van der Waals surface area contributed by atoms with E-state index in [-0.39, 0.29) is 17.9 Å². The van der Waals surface area contributed by atoms with Crippen LogP contribution in [0.3, 0.4) is 0 Å². The normalized spacial score (nSPS) is 32.8. The van der Waals surface area contributed by atoms with Crippen molar-refractivity contribution in [2.75, 3.05) is 13.2 Å². The molecular weight excluding hydrogens is 206 g/mol. The van der Waals surface area contributed by atoms with Crippen LogP contribution in [0.1, 0.15) is 32.6 Å². The largest absolute Gasteiger partial charge is 0.465 e. The predicted octanol–water partition coefficient (Wildman–Crippen LogP) is 0.897. The molecule has 1 unspecified atom stereocenters. The number of unbranched alkanes of at least 4 members (excludes halogenated alkanes) is 1. The van der Waals surface area contributed by atoms with Crippen LogP contribution in [0.15, 0.2) is 0 Å². The van der Waals surface area contributed by atoms with E-state index in [4.69, 9.17) is 4.74 Å². The van der Waals surface area contributed by atoms with Crippen molar-refractivity contribution in [3.05, 3.63) is 0 Å². The highest BCUT2D eigenvalue weighted by molar-refractivity contribution is 5.85. The minimum atomic E-state index is -0.242. The maximum Gasteiger partial charge on any atom is 0.323 e. The fourth-order valence-electron chi connectivity index (χ4n) is 2.66. The summed E-state index contributed by atoms with van der Waals surface area (Å²) in [7, 11) is 0. The Bertz CT molecular complexity index is 290. The van der Waals surface area contributed by atoms with E-state index in [1.165, 1.54) is 0 Å². The first-order valence-electron chi connectivity index (χ1n) is 6.14. The van der Waals surface area contributed by atoms with Gasteiger partial charge in [-0.15, -0.1) is 0 Å². The SMILES string of the molecule is CCCCOC(=O)[C@H]1NCC2CC(=O)C[C@@H]21. The van der Waals surface area contributed by atoms with Gasteiger partial charge in [-0.25, -0.2) is 0 Å². The molecule has 1 saturated heterocycles. The molecular formula is C12H19NO3. The van der Waals surface area contributed by atoms with Crippen molar-refractivity contribution in [2.24, 2.45) is 11.8 Å². The molecule has 3 atom stereocenters. The van der Waals surface area contributed by atoms with Gasteiger partial charge in [0, 0.05) is 12.8 Å². The third kappa shape index (κ3) is 2.26. The number of ether oxygens (including phenoxy) is 1. The van der Waals surface area contributed by atoms with Crippen molar-refractivity contribution < 1.29 is 14.3 Å². The number of fused-ring (bicyclic) bond motifs is 1. The summed E-state index contributed by atoms with van der Waals surface area (Å²) in [5.74, 6) is 0.663. The number of ketones is 1. The van der Waals surface area contributed by atoms with Crippen LogP contribution in [0.25, 0.3) is 0 Å². The van der Waals surface area contributed by atoms with Crippen LogP contribution in [0.5, 0.6) is 0 Å². The first kappa shape index (κ1) is 11.6. The van der Waals surface area contributed by atoms with Gasteiger partial charge >= 0.3 is 5.97 Å². The van der Waals surface area contributed by atoms with E-state index in [0.717, 1.165) is 19.4 Å². The molecule has 0 bridgehead atoms. The van der Waals surface area contributed by atoms with Gasteiger partial charge in [-0.2, -0.15) is 0 Å². The van der Waals surface area contributed by atoms with Crippen LogP contribution < -0.4 is 5.32 Å². The lowest BCUT2D eigenvalue weighted by Crippen LogP contribution is -2.37. The lowest BCUT2D eigenvalue weighted by Gasteiger charge is -2.16. The molecule has 0 aromatic rings. The minimum absolute atomic E-state index is 0.171. The van der Waals surface area contributed by atoms with E-state index in [1.54, 1.807) is 0 Å². The van der Waals surface area contributed by atoms with Crippen LogP contribution >= 0.6 is 0 Å². The topological polar surface area (TPSA) is 55.4 Å². The van der Waals surface area contributed by atoms with Crippen molar-refractivity contribution in [3.63, 3.8) is 0 Å². The summed E-state index contributed by atoms with van der Waals surface area (Å²) >= 11 is 0. The summed E-state index contributed by atoms with van der Waals surface area (Å²) in [4.78, 5) is 23.1. The fraction of sp³-hybridized carbons (Fsp3) is 0.833. The zero-order valence-corrected chi connectivity index (χ0v) is 9.70. The molecule has 4 heteroatoms. The van der Waals surface area contributed by atoms with Gasteiger partial charge < -0.3 is 10.1 Å². The van der Waals surface area contributed by atoms with Gasteiger partial charge in [-0.05, 0) is 24.8 Å². The second-order valence-electron chi connectivity index (χ2n) is 4.78. The van der Waals surface area contributed by atoms with Crippen molar-refractivity contribution in [3.8, 4) is 0 Å². The Morgan fingerprint density at radius 2 is 2.31 bits per heavy atom. The predicted molar refractivity (Wildman–Crippen MR) is 58.9 cm³/mol. The fourth-order valence-corrected chi connectivity index (χ4v) is 2.66. The first-order valence-corrected chi connectivity index (χ1v) is 6.14. The van der Waals surface area contributed by atoms with Crippen molar-refractivity contribution in [1.29, 1.82) is 0 Å². The third-order valence-electron chi connectivity index (χ3n) is 3.58. The first-order chi connectivity index (χ1) is 7.72. The Morgan fingerprint density at radius 1 is 1.50 bits per heavy atom. The molecule has 0 radical (unpaired) electrons. The summed E-state index contributed by atoms with van der Waals surface area (Å²) in [6.45, 7) is 3.34. The van der Waals surface area contributed by atoms with Crippen LogP contribution in [0, 0.1) is 11.8 Å². The molecule has 2 aliphatic rings. The molecule has 1 heterocycles. The highest BCUT2D eigenvalue weighted by Crippen LogP contribution is 2.36. The number of esters is 1. The number of hydrogen-bond donors (Lipinski definition) is 1. The zero-order valence-electron chi connectivity index (χ0n) is 9.70. The molecule has 2 rings (SSSR count). The maximum absolute atomic E-state index is 11.8. The molecule has 16 heavy (non-hydrogen) atoms. The van der Waals surface area contributed by atoms with Crippen molar-refractivity contribution in [2.45, 2.75) is 38.6 Å². The Morgan fingerprint density at radius 3 is 3.06 bits per heavy atom. The van der Waals surface area contributed by atoms with Gasteiger partial charge in [0.1, 0.15) is 11.8 Å². The smallest absolute Gasteiger partial charge is 0.323 e. The maximum atomic E-state index is 11.8. The number of rotatable bonds is 4. The lowest BCUT2D eigenvalue weighted by atomic mass is 9.94. The van der Waals surface area contributed by atoms with Crippen LogP contribution in [0.4, 0.5) is 0 Å². The Hall–Kier alpha value is -0.900. The van der Waals surface area contributed by atoms with Crippen LogP contribution in [0.2, 0.25) is 0 Å². The van der Waals surface area contributed by atoms with E-state index in [1.807, 2.05) is 0 Å². The van der Waals surface area contributed by atoms with E-state index in [2.05, 4.69) is 12.2 Å². The van der Waals surface area contributed by atoms with E-state index >= 15 is 0 Å². The Labute approximate surface area is 95.7 Å². The van der Waals surface area contributed by atoms with Gasteiger partial charge in [0.2, 0.25) is 0 Å². The number of carbonyl (C=O) groups excluding carboxylic acids is 2.